The van der Waals surface area contributed by atoms with E-state index in [9.17, 15) is 9.90 Å². The molecule has 0 amide bonds. The van der Waals surface area contributed by atoms with Gasteiger partial charge in [0.2, 0.25) is 0 Å². The van der Waals surface area contributed by atoms with Gasteiger partial charge in [0.25, 0.3) is 0 Å². The molecule has 1 aromatic rings. The number of aliphatic hydroxyl groups excluding tert-OH is 1. The van der Waals surface area contributed by atoms with E-state index < -0.39 is 24.1 Å². The maximum atomic E-state index is 12.1. The van der Waals surface area contributed by atoms with Gasteiger partial charge in [-0.3, -0.25) is 4.57 Å². The molecule has 9 heteroatoms. The Balaban J connectivity index is 2.33. The third kappa shape index (κ3) is 2.99. The standard InChI is InChI=1S/C12H18N6O3/c1-7-5-18(12(20)14-11(7)17(2)3)10-4-8(15-16-13)9(6-19)21-10/h5,8-10,19H,4,6H2,1-3H3/t8?,9-,10-/m1/s1. The lowest BCUT2D eigenvalue weighted by molar-refractivity contribution is -0.0270. The van der Waals surface area contributed by atoms with Gasteiger partial charge in [0.1, 0.15) is 12.0 Å². The Hall–Kier alpha value is -2.09. The van der Waals surface area contributed by atoms with Crippen LogP contribution in [0.4, 0.5) is 5.82 Å². The highest BCUT2D eigenvalue weighted by atomic mass is 16.5. The molecule has 9 nitrogen and oxygen atoms in total. The van der Waals surface area contributed by atoms with Crippen LogP contribution in [0.2, 0.25) is 0 Å². The van der Waals surface area contributed by atoms with E-state index in [-0.39, 0.29) is 6.61 Å². The molecule has 2 rings (SSSR count). The Kier molecular flexibility index (Phi) is 4.46. The highest BCUT2D eigenvalue weighted by Crippen LogP contribution is 2.30. The van der Waals surface area contributed by atoms with Gasteiger partial charge in [-0.15, -0.1) is 0 Å². The Morgan fingerprint density at radius 3 is 2.95 bits per heavy atom. The van der Waals surface area contributed by atoms with Crippen LogP contribution < -0.4 is 10.6 Å². The number of azide groups is 1. The number of aliphatic hydroxyl groups is 1. The van der Waals surface area contributed by atoms with Crippen molar-refractivity contribution in [1.29, 1.82) is 0 Å². The van der Waals surface area contributed by atoms with E-state index in [4.69, 9.17) is 10.3 Å². The fourth-order valence-electron chi connectivity index (χ4n) is 2.46. The van der Waals surface area contributed by atoms with Gasteiger partial charge in [-0.2, -0.15) is 4.98 Å². The molecule has 0 bridgehead atoms. The molecule has 0 aliphatic carbocycles. The first-order chi connectivity index (χ1) is 9.97. The largest absolute Gasteiger partial charge is 0.394 e. The summed E-state index contributed by atoms with van der Waals surface area (Å²) in [5.41, 5.74) is 8.92. The number of aryl methyl sites for hydroxylation is 1. The van der Waals surface area contributed by atoms with E-state index in [0.29, 0.717) is 12.2 Å². The molecule has 0 spiro atoms. The molecule has 1 aromatic heterocycles. The van der Waals surface area contributed by atoms with Gasteiger partial charge in [0, 0.05) is 37.2 Å². The lowest BCUT2D eigenvalue weighted by Gasteiger charge is -2.18. The second-order valence-corrected chi connectivity index (χ2v) is 5.15. The number of hydrogen-bond acceptors (Lipinski definition) is 6. The monoisotopic (exact) mass is 294 g/mol. The smallest absolute Gasteiger partial charge is 0.351 e. The molecular weight excluding hydrogens is 276 g/mol. The van der Waals surface area contributed by atoms with Crippen LogP contribution in [-0.2, 0) is 4.74 Å². The molecule has 0 saturated carbocycles. The van der Waals surface area contributed by atoms with Crippen LogP contribution in [0.15, 0.2) is 16.1 Å². The fraction of sp³-hybridized carbons (Fsp3) is 0.667. The quantitative estimate of drug-likeness (QED) is 0.495. The van der Waals surface area contributed by atoms with E-state index in [0.717, 1.165) is 5.56 Å². The summed E-state index contributed by atoms with van der Waals surface area (Å²) in [6.07, 6.45) is 0.805. The zero-order chi connectivity index (χ0) is 15.6. The molecule has 1 aliphatic rings. The van der Waals surface area contributed by atoms with Crippen molar-refractivity contribution in [2.24, 2.45) is 5.11 Å². The van der Waals surface area contributed by atoms with E-state index in [1.165, 1.54) is 4.57 Å². The third-order valence-corrected chi connectivity index (χ3v) is 3.43. The van der Waals surface area contributed by atoms with Gasteiger partial charge in [0.05, 0.1) is 18.8 Å². The predicted molar refractivity (Wildman–Crippen MR) is 76.1 cm³/mol. The van der Waals surface area contributed by atoms with Gasteiger partial charge in [0.15, 0.2) is 0 Å². The maximum absolute atomic E-state index is 12.1. The number of ether oxygens (including phenoxy) is 1. The molecule has 114 valence electrons. The van der Waals surface area contributed by atoms with Gasteiger partial charge >= 0.3 is 5.69 Å². The van der Waals surface area contributed by atoms with Crippen LogP contribution >= 0.6 is 0 Å². The van der Waals surface area contributed by atoms with Crippen LogP contribution in [0.1, 0.15) is 18.2 Å². The van der Waals surface area contributed by atoms with Crippen molar-refractivity contribution in [1.82, 2.24) is 9.55 Å². The SMILES string of the molecule is Cc1cn([C@H]2CC(N=[N+]=[N-])[C@@H](CO)O2)c(=O)nc1N(C)C. The van der Waals surface area contributed by atoms with Crippen LogP contribution in [0, 0.1) is 6.92 Å². The minimum Gasteiger partial charge on any atom is -0.394 e. The Morgan fingerprint density at radius 2 is 2.38 bits per heavy atom. The number of rotatable bonds is 4. The van der Waals surface area contributed by atoms with Crippen molar-refractivity contribution in [2.45, 2.75) is 31.7 Å². The van der Waals surface area contributed by atoms with Crippen LogP contribution in [-0.4, -0.2) is 47.5 Å². The second-order valence-electron chi connectivity index (χ2n) is 5.15. The number of nitrogens with zero attached hydrogens (tertiary/aromatic N) is 6. The molecule has 1 N–H and O–H groups in total. The fourth-order valence-corrected chi connectivity index (χ4v) is 2.46. The van der Waals surface area contributed by atoms with Gasteiger partial charge in [-0.1, -0.05) is 5.11 Å². The van der Waals surface area contributed by atoms with E-state index in [1.54, 1.807) is 11.1 Å². The van der Waals surface area contributed by atoms with Crippen molar-refractivity contribution in [3.8, 4) is 0 Å². The molecule has 21 heavy (non-hydrogen) atoms. The summed E-state index contributed by atoms with van der Waals surface area (Å²) < 4.78 is 6.97. The highest BCUT2D eigenvalue weighted by Gasteiger charge is 2.35. The van der Waals surface area contributed by atoms with Gasteiger partial charge in [-0.25, -0.2) is 4.79 Å². The summed E-state index contributed by atoms with van der Waals surface area (Å²) in [5.74, 6) is 0.597. The highest BCUT2D eigenvalue weighted by molar-refractivity contribution is 5.42. The lowest BCUT2D eigenvalue weighted by atomic mass is 10.1. The van der Waals surface area contributed by atoms with Gasteiger partial charge in [-0.05, 0) is 12.5 Å². The zero-order valence-corrected chi connectivity index (χ0v) is 12.2. The predicted octanol–water partition coefficient (Wildman–Crippen LogP) is 0.576. The topological polar surface area (TPSA) is 116 Å². The van der Waals surface area contributed by atoms with Crippen molar-refractivity contribution >= 4 is 5.82 Å². The van der Waals surface area contributed by atoms with Crippen LogP contribution in [0.5, 0.6) is 0 Å². The molecule has 0 radical (unpaired) electrons. The summed E-state index contributed by atoms with van der Waals surface area (Å²) in [6, 6.07) is -0.495. The number of hydrogen-bond donors (Lipinski definition) is 1. The molecule has 1 unspecified atom stereocenters. The lowest BCUT2D eigenvalue weighted by Crippen LogP contribution is -2.30. The van der Waals surface area contributed by atoms with E-state index in [1.807, 2.05) is 21.0 Å². The Bertz CT molecular complexity index is 622. The first-order valence-electron chi connectivity index (χ1n) is 6.55. The summed E-state index contributed by atoms with van der Waals surface area (Å²) in [6.45, 7) is 1.58. The van der Waals surface area contributed by atoms with Gasteiger partial charge < -0.3 is 14.7 Å². The van der Waals surface area contributed by atoms with Crippen molar-refractivity contribution in [3.63, 3.8) is 0 Å². The number of aromatic nitrogens is 2. The normalized spacial score (nSPS) is 24.7. The molecule has 1 saturated heterocycles. The average molecular weight is 294 g/mol. The molecular formula is C12H18N6O3. The molecule has 2 heterocycles. The van der Waals surface area contributed by atoms with Crippen molar-refractivity contribution < 1.29 is 9.84 Å². The minimum absolute atomic E-state index is 0.267. The summed E-state index contributed by atoms with van der Waals surface area (Å²) >= 11 is 0. The molecule has 3 atom stereocenters. The van der Waals surface area contributed by atoms with Crippen molar-refractivity contribution in [3.05, 3.63) is 32.7 Å². The maximum Gasteiger partial charge on any atom is 0.351 e. The molecule has 1 aliphatic heterocycles. The average Bonchev–Trinajstić information content (AvgIpc) is 2.84. The zero-order valence-electron chi connectivity index (χ0n) is 12.2. The Labute approximate surface area is 121 Å². The number of anilines is 1. The van der Waals surface area contributed by atoms with E-state index in [2.05, 4.69) is 15.0 Å². The van der Waals surface area contributed by atoms with Crippen LogP contribution in [0.25, 0.3) is 10.4 Å². The summed E-state index contributed by atoms with van der Waals surface area (Å²) in [5, 5.41) is 12.9. The second kappa shape index (κ2) is 6.13. The molecule has 0 aromatic carbocycles. The summed E-state index contributed by atoms with van der Waals surface area (Å²) in [7, 11) is 3.62. The first-order valence-corrected chi connectivity index (χ1v) is 6.55. The van der Waals surface area contributed by atoms with Crippen molar-refractivity contribution in [2.75, 3.05) is 25.6 Å². The minimum atomic E-state index is -0.605. The summed E-state index contributed by atoms with van der Waals surface area (Å²) in [4.78, 5) is 20.7. The Morgan fingerprint density at radius 1 is 1.67 bits per heavy atom. The first kappa shape index (κ1) is 15.3. The third-order valence-electron chi connectivity index (χ3n) is 3.43. The molecule has 1 fully saturated rings. The van der Waals surface area contributed by atoms with Crippen LogP contribution in [0.3, 0.4) is 0 Å². The van der Waals surface area contributed by atoms with E-state index >= 15 is 0 Å².